The van der Waals surface area contributed by atoms with E-state index in [1.165, 1.54) is 11.1 Å². The summed E-state index contributed by atoms with van der Waals surface area (Å²) in [6.07, 6.45) is 0. The molecule has 0 saturated heterocycles. The number of carbonyl (C=O) groups is 1. The van der Waals surface area contributed by atoms with Crippen molar-refractivity contribution in [2.45, 2.75) is 19.8 Å². The number of nitrogens with zero attached hydrogens (tertiary/aromatic N) is 2. The molecule has 0 spiro atoms. The summed E-state index contributed by atoms with van der Waals surface area (Å²) >= 11 is 0. The van der Waals surface area contributed by atoms with Gasteiger partial charge in [-0.1, -0.05) is 60.7 Å². The van der Waals surface area contributed by atoms with Crippen LogP contribution < -0.4 is 5.32 Å². The molecular weight excluding hydrogens is 370 g/mol. The Morgan fingerprint density at radius 1 is 0.867 bits per heavy atom. The average Bonchev–Trinajstić information content (AvgIpc) is 3.13. The van der Waals surface area contributed by atoms with Gasteiger partial charge in [0.2, 0.25) is 0 Å². The highest BCUT2D eigenvalue weighted by molar-refractivity contribution is 5.94. The van der Waals surface area contributed by atoms with Crippen molar-refractivity contribution in [3.63, 3.8) is 0 Å². The summed E-state index contributed by atoms with van der Waals surface area (Å²) in [6.45, 7) is 4.53. The lowest BCUT2D eigenvalue weighted by molar-refractivity contribution is 0.0952. The van der Waals surface area contributed by atoms with Crippen molar-refractivity contribution in [3.8, 4) is 5.69 Å². The lowest BCUT2D eigenvalue weighted by Crippen LogP contribution is -2.29. The number of benzene rings is 3. The van der Waals surface area contributed by atoms with Crippen molar-refractivity contribution < 1.29 is 4.79 Å². The molecule has 1 heterocycles. The third-order valence-corrected chi connectivity index (χ3v) is 5.25. The van der Waals surface area contributed by atoms with Crippen LogP contribution in [0.2, 0.25) is 0 Å². The number of aryl methyl sites for hydroxylation is 2. The largest absolute Gasteiger partial charge is 0.351 e. The van der Waals surface area contributed by atoms with Crippen LogP contribution in [-0.4, -0.2) is 22.2 Å². The monoisotopic (exact) mass is 395 g/mol. The molecule has 0 radical (unpaired) electrons. The first-order valence-corrected chi connectivity index (χ1v) is 10.1. The molecule has 0 aliphatic heterocycles. The Kier molecular flexibility index (Phi) is 5.75. The van der Waals surface area contributed by atoms with Gasteiger partial charge in [0.25, 0.3) is 5.91 Å². The Balaban J connectivity index is 1.49. The molecule has 0 saturated carbocycles. The molecule has 150 valence electrons. The van der Waals surface area contributed by atoms with Crippen LogP contribution in [0.25, 0.3) is 5.69 Å². The Hall–Kier alpha value is -3.66. The van der Waals surface area contributed by atoms with Crippen molar-refractivity contribution >= 4 is 5.91 Å². The highest BCUT2D eigenvalue weighted by atomic mass is 16.1. The van der Waals surface area contributed by atoms with Crippen LogP contribution in [0.3, 0.4) is 0 Å². The van der Waals surface area contributed by atoms with Crippen LogP contribution in [0.15, 0.2) is 91.0 Å². The summed E-state index contributed by atoms with van der Waals surface area (Å²) in [4.78, 5) is 12.8. The molecule has 4 rings (SSSR count). The zero-order valence-electron chi connectivity index (χ0n) is 17.2. The van der Waals surface area contributed by atoms with E-state index in [2.05, 4.69) is 34.7 Å². The van der Waals surface area contributed by atoms with Gasteiger partial charge in [-0.05, 0) is 55.3 Å². The molecule has 0 atom stereocenters. The van der Waals surface area contributed by atoms with E-state index in [4.69, 9.17) is 0 Å². The fourth-order valence-electron chi connectivity index (χ4n) is 3.74. The maximum Gasteiger partial charge on any atom is 0.251 e. The smallest absolute Gasteiger partial charge is 0.251 e. The zero-order chi connectivity index (χ0) is 20.9. The normalized spacial score (nSPS) is 10.9. The van der Waals surface area contributed by atoms with Gasteiger partial charge in [-0.25, -0.2) is 4.68 Å². The van der Waals surface area contributed by atoms with E-state index in [1.54, 1.807) is 0 Å². The Labute approximate surface area is 177 Å². The number of nitrogens with one attached hydrogen (secondary N) is 1. The molecule has 1 amide bonds. The fraction of sp³-hybridized carbons (Fsp3) is 0.154. The van der Waals surface area contributed by atoms with Gasteiger partial charge in [0.05, 0.1) is 11.4 Å². The first-order valence-electron chi connectivity index (χ1n) is 10.1. The predicted octanol–water partition coefficient (Wildman–Crippen LogP) is 5.05. The minimum atomic E-state index is -0.0771. The molecule has 0 aliphatic rings. The van der Waals surface area contributed by atoms with E-state index in [1.807, 2.05) is 85.3 Å². The second-order valence-electron chi connectivity index (χ2n) is 7.47. The van der Waals surface area contributed by atoms with Gasteiger partial charge in [0.1, 0.15) is 0 Å². The molecule has 0 fully saturated rings. The first kappa shape index (κ1) is 19.6. The predicted molar refractivity (Wildman–Crippen MR) is 120 cm³/mol. The molecule has 30 heavy (non-hydrogen) atoms. The van der Waals surface area contributed by atoms with Crippen LogP contribution >= 0.6 is 0 Å². The van der Waals surface area contributed by atoms with Crippen molar-refractivity contribution in [3.05, 3.63) is 119 Å². The minimum absolute atomic E-state index is 0.0771. The number of carbonyl (C=O) groups excluding carboxylic acids is 1. The second kappa shape index (κ2) is 8.78. The van der Waals surface area contributed by atoms with Gasteiger partial charge in [0, 0.05) is 23.7 Å². The Bertz CT molecular complexity index is 1080. The van der Waals surface area contributed by atoms with Gasteiger partial charge < -0.3 is 5.32 Å². The van der Waals surface area contributed by atoms with Crippen LogP contribution in [0.1, 0.15) is 38.8 Å². The number of hydrogen-bond acceptors (Lipinski definition) is 2. The van der Waals surface area contributed by atoms with Crippen molar-refractivity contribution in [2.75, 3.05) is 6.54 Å². The van der Waals surface area contributed by atoms with Gasteiger partial charge >= 0.3 is 0 Å². The quantitative estimate of drug-likeness (QED) is 0.496. The van der Waals surface area contributed by atoms with Crippen molar-refractivity contribution in [1.29, 1.82) is 0 Å². The summed E-state index contributed by atoms with van der Waals surface area (Å²) in [6, 6.07) is 30.2. The number of rotatable bonds is 6. The van der Waals surface area contributed by atoms with E-state index in [9.17, 15) is 4.79 Å². The molecular formula is C26H25N3O. The third kappa shape index (κ3) is 4.33. The maximum atomic E-state index is 12.8. The van der Waals surface area contributed by atoms with Crippen molar-refractivity contribution in [2.24, 2.45) is 0 Å². The van der Waals surface area contributed by atoms with E-state index >= 15 is 0 Å². The average molecular weight is 396 g/mol. The van der Waals surface area contributed by atoms with Crippen molar-refractivity contribution in [1.82, 2.24) is 15.1 Å². The third-order valence-electron chi connectivity index (χ3n) is 5.25. The lowest BCUT2D eigenvalue weighted by atomic mass is 9.91. The molecule has 4 aromatic rings. The molecule has 0 aliphatic carbocycles. The minimum Gasteiger partial charge on any atom is -0.351 e. The highest BCUT2D eigenvalue weighted by Gasteiger charge is 2.16. The van der Waals surface area contributed by atoms with Gasteiger partial charge in [-0.3, -0.25) is 4.79 Å². The first-order chi connectivity index (χ1) is 14.6. The summed E-state index contributed by atoms with van der Waals surface area (Å²) in [5.41, 5.74) is 6.00. The molecule has 1 aromatic heterocycles. The number of aromatic nitrogens is 2. The maximum absolute atomic E-state index is 12.8. The summed E-state index contributed by atoms with van der Waals surface area (Å²) in [5, 5.41) is 7.61. The van der Waals surface area contributed by atoms with Crippen LogP contribution in [-0.2, 0) is 0 Å². The lowest BCUT2D eigenvalue weighted by Gasteiger charge is -2.19. The highest BCUT2D eigenvalue weighted by Crippen LogP contribution is 2.24. The van der Waals surface area contributed by atoms with Crippen LogP contribution in [0.5, 0.6) is 0 Å². The van der Waals surface area contributed by atoms with E-state index < -0.39 is 0 Å². The number of hydrogen-bond donors (Lipinski definition) is 1. The van der Waals surface area contributed by atoms with E-state index in [0.29, 0.717) is 12.1 Å². The molecule has 0 bridgehead atoms. The standard InChI is InChI=1S/C26H25N3O/c1-19-17-20(2)29(28-19)24-15-13-23(14-16-24)26(30)27-18-25(21-9-5-3-6-10-21)22-11-7-4-8-12-22/h3-17,25H,18H2,1-2H3,(H,27,30). The fourth-order valence-corrected chi connectivity index (χ4v) is 3.74. The van der Waals surface area contributed by atoms with E-state index in [-0.39, 0.29) is 11.8 Å². The summed E-state index contributed by atoms with van der Waals surface area (Å²) in [5.74, 6) is 0.0251. The zero-order valence-corrected chi connectivity index (χ0v) is 17.2. The molecule has 1 N–H and O–H groups in total. The topological polar surface area (TPSA) is 46.9 Å². The molecule has 3 aromatic carbocycles. The summed E-state index contributed by atoms with van der Waals surface area (Å²) in [7, 11) is 0. The van der Waals surface area contributed by atoms with Gasteiger partial charge in [-0.2, -0.15) is 5.10 Å². The van der Waals surface area contributed by atoms with Gasteiger partial charge in [-0.15, -0.1) is 0 Å². The Morgan fingerprint density at radius 3 is 1.93 bits per heavy atom. The molecule has 4 nitrogen and oxygen atoms in total. The summed E-state index contributed by atoms with van der Waals surface area (Å²) < 4.78 is 1.89. The SMILES string of the molecule is Cc1cc(C)n(-c2ccc(C(=O)NCC(c3ccccc3)c3ccccc3)cc2)n1. The van der Waals surface area contributed by atoms with Crippen LogP contribution in [0, 0.1) is 13.8 Å². The number of amides is 1. The van der Waals surface area contributed by atoms with E-state index in [0.717, 1.165) is 17.1 Å². The second-order valence-corrected chi connectivity index (χ2v) is 7.47. The molecule has 0 unspecified atom stereocenters. The van der Waals surface area contributed by atoms with Crippen LogP contribution in [0.4, 0.5) is 0 Å². The molecule has 4 heteroatoms. The van der Waals surface area contributed by atoms with Gasteiger partial charge in [0.15, 0.2) is 0 Å². The Morgan fingerprint density at radius 2 is 1.43 bits per heavy atom.